The average molecular weight is 894 g/mol. The van der Waals surface area contributed by atoms with Gasteiger partial charge in [-0.2, -0.15) is 0 Å². The van der Waals surface area contributed by atoms with E-state index in [1.165, 1.54) is 36.4 Å². The first-order valence-corrected chi connectivity index (χ1v) is 19.6. The van der Waals surface area contributed by atoms with Gasteiger partial charge in [-0.05, 0) is 108 Å². The maximum Gasteiger partial charge on any atom is 2.00 e. The van der Waals surface area contributed by atoms with E-state index in [4.69, 9.17) is 9.47 Å². The molecule has 2 heterocycles. The zero-order valence-corrected chi connectivity index (χ0v) is 38.2. The summed E-state index contributed by atoms with van der Waals surface area (Å²) in [7, 11) is 6.83. The number of methoxy groups -OCH3 is 2. The molecule has 10 nitrogen and oxygen atoms in total. The van der Waals surface area contributed by atoms with E-state index in [9.17, 15) is 18.4 Å². The molecular weight excluding hydrogens is 852 g/mol. The molecule has 0 N–H and O–H groups in total. The summed E-state index contributed by atoms with van der Waals surface area (Å²) in [5.41, 5.74) is 7.53. The number of carbonyl (C=O) groups is 2. The van der Waals surface area contributed by atoms with Crippen molar-refractivity contribution in [3.63, 3.8) is 0 Å². The molecule has 2 amide bonds. The van der Waals surface area contributed by atoms with Gasteiger partial charge < -0.3 is 38.6 Å². The summed E-state index contributed by atoms with van der Waals surface area (Å²) in [6.45, 7) is 0. The summed E-state index contributed by atoms with van der Waals surface area (Å²) in [6, 6.07) is 46.7. The molecular formula is C50H42F2N6O4Zn. The number of carbonyl (C=O) groups excluding carboxylic acids is 2. The van der Waals surface area contributed by atoms with Crippen molar-refractivity contribution in [3.05, 3.63) is 214 Å². The van der Waals surface area contributed by atoms with E-state index in [1.54, 1.807) is 49.6 Å². The average Bonchev–Trinajstić information content (AvgIpc) is 3.77. The van der Waals surface area contributed by atoms with Gasteiger partial charge >= 0.3 is 19.5 Å². The number of hydrogen-bond acceptors (Lipinski definition) is 4. The number of nitrogens with zero attached hydrogens (tertiary/aromatic N) is 6. The van der Waals surface area contributed by atoms with E-state index in [0.717, 1.165) is 56.5 Å². The van der Waals surface area contributed by atoms with E-state index in [0.29, 0.717) is 12.8 Å². The second kappa shape index (κ2) is 21.0. The fourth-order valence-corrected chi connectivity index (χ4v) is 6.90. The molecule has 13 heteroatoms. The van der Waals surface area contributed by atoms with E-state index in [1.807, 2.05) is 109 Å². The molecule has 0 spiro atoms. The fourth-order valence-electron chi connectivity index (χ4n) is 6.90. The van der Waals surface area contributed by atoms with Crippen molar-refractivity contribution in [2.75, 3.05) is 14.2 Å². The Hall–Kier alpha value is -7.24. The van der Waals surface area contributed by atoms with Crippen LogP contribution in [0.15, 0.2) is 168 Å². The van der Waals surface area contributed by atoms with Gasteiger partial charge in [0.05, 0.1) is 25.3 Å². The minimum atomic E-state index is -0.668. The van der Waals surface area contributed by atoms with Crippen LogP contribution in [-0.2, 0) is 46.4 Å². The van der Waals surface area contributed by atoms with Crippen molar-refractivity contribution in [2.45, 2.75) is 12.8 Å². The van der Waals surface area contributed by atoms with Gasteiger partial charge in [-0.15, -0.1) is 0 Å². The Morgan fingerprint density at radius 2 is 0.841 bits per heavy atom. The fraction of sp³-hybridized carbons (Fsp3) is 0.120. The minimum Gasteiger partial charge on any atom is -0.497 e. The van der Waals surface area contributed by atoms with Gasteiger partial charge in [0.25, 0.3) is 0 Å². The molecule has 0 fully saturated rings. The van der Waals surface area contributed by atoms with Gasteiger partial charge in [-0.25, -0.2) is 8.78 Å². The Bertz CT molecular complexity index is 2750. The number of imidazole rings is 2. The number of aromatic nitrogens is 4. The molecule has 0 saturated carbocycles. The molecule has 0 aliphatic carbocycles. The van der Waals surface area contributed by atoms with Crippen molar-refractivity contribution in [1.82, 2.24) is 19.1 Å². The largest absolute Gasteiger partial charge is 2.00 e. The Morgan fingerprint density at radius 3 is 1.17 bits per heavy atom. The summed E-state index contributed by atoms with van der Waals surface area (Å²) in [6.07, 6.45) is 1.14. The van der Waals surface area contributed by atoms with Crippen molar-refractivity contribution in [2.24, 2.45) is 24.1 Å². The van der Waals surface area contributed by atoms with Crippen molar-refractivity contribution < 1.29 is 47.3 Å². The molecule has 0 radical (unpaired) electrons. The third-order valence-electron chi connectivity index (χ3n) is 10.1. The number of halogens is 2. The van der Waals surface area contributed by atoms with Crippen LogP contribution in [0.4, 0.5) is 8.78 Å². The summed E-state index contributed by atoms with van der Waals surface area (Å²) in [5, 5.41) is 0. The summed E-state index contributed by atoms with van der Waals surface area (Å²) >= 11 is 0. The predicted octanol–water partition coefficient (Wildman–Crippen LogP) is 8.26. The standard InChI is InChI=1S/2C25H22FN3O2.Zn/c2*1-29-23(18-12-14-19(31-2)15-13-18)22(16-17-8-4-3-5-9-17)27-25(29)28-24(30)20-10-6-7-11-21(20)26;/h2*3-15H,16H2,1-2H3,(H,27,28,30);/q;;+2/p-2. The van der Waals surface area contributed by atoms with Crippen LogP contribution in [0.5, 0.6) is 11.5 Å². The molecule has 312 valence electrons. The summed E-state index contributed by atoms with van der Waals surface area (Å²) in [5.74, 6) is -1.06. The predicted molar refractivity (Wildman–Crippen MR) is 233 cm³/mol. The van der Waals surface area contributed by atoms with Gasteiger partial charge in [0.15, 0.2) is 0 Å². The zero-order chi connectivity index (χ0) is 43.6. The Labute approximate surface area is 376 Å². The molecule has 8 aromatic rings. The summed E-state index contributed by atoms with van der Waals surface area (Å²) < 4.78 is 42.1. The van der Waals surface area contributed by atoms with Gasteiger partial charge in [0.1, 0.15) is 23.1 Å². The van der Waals surface area contributed by atoms with Crippen LogP contribution < -0.4 is 30.7 Å². The first kappa shape index (κ1) is 45.3. The Balaban J connectivity index is 0.000000206. The van der Waals surface area contributed by atoms with Crippen LogP contribution in [0, 0.1) is 11.6 Å². The summed E-state index contributed by atoms with van der Waals surface area (Å²) in [4.78, 5) is 42.7. The van der Waals surface area contributed by atoms with Crippen molar-refractivity contribution in [3.8, 4) is 34.0 Å². The maximum absolute atomic E-state index is 14.0. The molecule has 0 unspecified atom stereocenters. The van der Waals surface area contributed by atoms with E-state index >= 15 is 0 Å². The van der Waals surface area contributed by atoms with Crippen LogP contribution in [0.3, 0.4) is 0 Å². The third-order valence-corrected chi connectivity index (χ3v) is 10.1. The molecule has 0 atom stereocenters. The van der Waals surface area contributed by atoms with E-state index < -0.39 is 23.4 Å². The van der Waals surface area contributed by atoms with Gasteiger partial charge in [0, 0.05) is 24.1 Å². The topological polar surface area (TPSA) is 115 Å². The maximum atomic E-state index is 14.0. The molecule has 0 aliphatic heterocycles. The number of ether oxygens (including phenoxy) is 2. The smallest absolute Gasteiger partial charge is 0.497 e. The van der Waals surface area contributed by atoms with Crippen LogP contribution in [0.2, 0.25) is 0 Å². The van der Waals surface area contributed by atoms with E-state index in [-0.39, 0.29) is 41.8 Å². The normalized spacial score (nSPS) is 11.3. The first-order valence-electron chi connectivity index (χ1n) is 19.6. The second-order valence-corrected chi connectivity index (χ2v) is 14.1. The minimum absolute atomic E-state index is 0. The Morgan fingerprint density at radius 1 is 0.508 bits per heavy atom. The molecule has 6 aromatic carbocycles. The molecule has 63 heavy (non-hydrogen) atoms. The Kier molecular flexibility index (Phi) is 15.1. The van der Waals surface area contributed by atoms with E-state index in [2.05, 4.69) is 20.0 Å². The number of hydrogen-bond donors (Lipinski definition) is 0. The molecule has 0 saturated heterocycles. The van der Waals surface area contributed by atoms with Crippen LogP contribution in [-0.4, -0.2) is 35.2 Å². The van der Waals surface area contributed by atoms with Crippen molar-refractivity contribution >= 4 is 11.8 Å². The zero-order valence-electron chi connectivity index (χ0n) is 35.2. The van der Waals surface area contributed by atoms with Gasteiger partial charge in [0.2, 0.25) is 11.8 Å². The molecule has 8 rings (SSSR count). The van der Waals surface area contributed by atoms with Crippen LogP contribution in [0.25, 0.3) is 22.5 Å². The monoisotopic (exact) mass is 892 g/mol. The third kappa shape index (κ3) is 10.8. The van der Waals surface area contributed by atoms with Gasteiger partial charge in [-0.3, -0.25) is 9.59 Å². The quantitative estimate of drug-likeness (QED) is 0.128. The SMILES string of the molecule is COc1ccc(-c2c(Cc3ccccc3)[n-]c(=NC(=O)c3ccccc3F)n2C)cc1.COc1ccc(-c2c(Cc3ccccc3)[n-]c(=NC(=O)c3ccccc3F)n2C)cc1.[Zn+2]. The van der Waals surface area contributed by atoms with Crippen molar-refractivity contribution in [1.29, 1.82) is 0 Å². The molecule has 0 bridgehead atoms. The van der Waals surface area contributed by atoms with Crippen LogP contribution in [0.1, 0.15) is 43.2 Å². The van der Waals surface area contributed by atoms with Crippen LogP contribution >= 0.6 is 0 Å². The first-order chi connectivity index (χ1) is 30.1. The number of amides is 2. The van der Waals surface area contributed by atoms with Gasteiger partial charge in [-0.1, -0.05) is 109 Å². The number of rotatable bonds is 10. The molecule has 2 aromatic heterocycles. The second-order valence-electron chi connectivity index (χ2n) is 14.1. The molecule has 0 aliphatic rings. The number of benzene rings is 6.